The van der Waals surface area contributed by atoms with E-state index in [-0.39, 0.29) is 17.5 Å². The van der Waals surface area contributed by atoms with Gasteiger partial charge in [0.25, 0.3) is 5.91 Å². The molecule has 0 saturated carbocycles. The van der Waals surface area contributed by atoms with Crippen molar-refractivity contribution >= 4 is 16.9 Å². The predicted octanol–water partition coefficient (Wildman–Crippen LogP) is 2.39. The van der Waals surface area contributed by atoms with Crippen LogP contribution in [0.1, 0.15) is 49.8 Å². The molecule has 0 aromatic carbocycles. The summed E-state index contributed by atoms with van der Waals surface area (Å²) < 4.78 is 1.87. The van der Waals surface area contributed by atoms with E-state index in [1.165, 1.54) is 0 Å². The standard InChI is InChI=1S/C17H27N5O/c1-11(2)22-15-13(9-19-22)8-14(12(3)20-15)16(23)18-10-17(4,5)21(6)7/h8-9,11H,10H2,1-7H3,(H,18,23). The summed E-state index contributed by atoms with van der Waals surface area (Å²) in [5.74, 6) is -0.0934. The Morgan fingerprint density at radius 2 is 2.04 bits per heavy atom. The normalized spacial score (nSPS) is 12.4. The number of hydrogen-bond acceptors (Lipinski definition) is 4. The van der Waals surface area contributed by atoms with Gasteiger partial charge in [0.2, 0.25) is 0 Å². The molecule has 126 valence electrons. The molecule has 2 aromatic rings. The third kappa shape index (κ3) is 3.52. The first-order valence-corrected chi connectivity index (χ1v) is 7.94. The van der Waals surface area contributed by atoms with E-state index in [1.807, 2.05) is 31.8 Å². The van der Waals surface area contributed by atoms with Crippen molar-refractivity contribution < 1.29 is 4.79 Å². The van der Waals surface area contributed by atoms with Gasteiger partial charge in [-0.3, -0.25) is 4.79 Å². The van der Waals surface area contributed by atoms with Crippen molar-refractivity contribution in [2.24, 2.45) is 0 Å². The fraction of sp³-hybridized carbons (Fsp3) is 0.588. The summed E-state index contributed by atoms with van der Waals surface area (Å²) in [6.07, 6.45) is 1.77. The number of hydrogen-bond donors (Lipinski definition) is 1. The molecule has 2 aromatic heterocycles. The lowest BCUT2D eigenvalue weighted by atomic mass is 10.0. The predicted molar refractivity (Wildman–Crippen MR) is 92.7 cm³/mol. The van der Waals surface area contributed by atoms with E-state index < -0.39 is 0 Å². The molecule has 0 atom stereocenters. The van der Waals surface area contributed by atoms with E-state index in [1.54, 1.807) is 6.20 Å². The molecule has 0 aliphatic heterocycles. The molecule has 0 spiro atoms. The molecule has 0 fully saturated rings. The molecule has 1 amide bonds. The highest BCUT2D eigenvalue weighted by Crippen LogP contribution is 2.19. The summed E-state index contributed by atoms with van der Waals surface area (Å²) in [4.78, 5) is 19.2. The topological polar surface area (TPSA) is 63.1 Å². The molecule has 0 saturated heterocycles. The highest BCUT2D eigenvalue weighted by Gasteiger charge is 2.22. The Hall–Kier alpha value is -1.95. The van der Waals surface area contributed by atoms with Crippen molar-refractivity contribution in [3.05, 3.63) is 23.5 Å². The van der Waals surface area contributed by atoms with Gasteiger partial charge in [0, 0.05) is 23.5 Å². The zero-order valence-electron chi connectivity index (χ0n) is 15.1. The average Bonchev–Trinajstić information content (AvgIpc) is 2.86. The monoisotopic (exact) mass is 317 g/mol. The number of nitrogens with one attached hydrogen (secondary N) is 1. The van der Waals surface area contributed by atoms with Crippen LogP contribution in [0.4, 0.5) is 0 Å². The van der Waals surface area contributed by atoms with E-state index in [9.17, 15) is 4.79 Å². The van der Waals surface area contributed by atoms with Crippen LogP contribution in [0, 0.1) is 6.92 Å². The third-order valence-corrected chi connectivity index (χ3v) is 4.39. The van der Waals surface area contributed by atoms with Crippen molar-refractivity contribution in [3.8, 4) is 0 Å². The number of likely N-dealkylation sites (N-methyl/N-ethyl adjacent to an activating group) is 1. The molecule has 23 heavy (non-hydrogen) atoms. The quantitative estimate of drug-likeness (QED) is 0.920. The number of pyridine rings is 1. The Labute approximate surface area is 137 Å². The van der Waals surface area contributed by atoms with Gasteiger partial charge in [-0.1, -0.05) is 0 Å². The summed E-state index contributed by atoms with van der Waals surface area (Å²) in [5.41, 5.74) is 2.04. The van der Waals surface area contributed by atoms with Crippen LogP contribution in [0.15, 0.2) is 12.3 Å². The van der Waals surface area contributed by atoms with Gasteiger partial charge < -0.3 is 10.2 Å². The Balaban J connectivity index is 2.26. The number of aromatic nitrogens is 3. The maximum absolute atomic E-state index is 12.5. The second-order valence-corrected chi connectivity index (χ2v) is 7.11. The molecular weight excluding hydrogens is 290 g/mol. The SMILES string of the molecule is Cc1nc2c(cnn2C(C)C)cc1C(=O)NCC(C)(C)N(C)C. The molecule has 0 bridgehead atoms. The van der Waals surface area contributed by atoms with Crippen LogP contribution in [0.25, 0.3) is 11.0 Å². The molecule has 6 heteroatoms. The van der Waals surface area contributed by atoms with Gasteiger partial charge in [-0.15, -0.1) is 0 Å². The Morgan fingerprint density at radius 1 is 1.39 bits per heavy atom. The Kier molecular flexibility index (Phi) is 4.75. The first-order valence-electron chi connectivity index (χ1n) is 7.94. The second kappa shape index (κ2) is 6.28. The molecule has 2 heterocycles. The number of fused-ring (bicyclic) bond motifs is 1. The van der Waals surface area contributed by atoms with Crippen LogP contribution in [-0.4, -0.2) is 51.8 Å². The number of carbonyl (C=O) groups is 1. The summed E-state index contributed by atoms with van der Waals surface area (Å²) in [5, 5.41) is 8.26. The van der Waals surface area contributed by atoms with Gasteiger partial charge in [0.15, 0.2) is 5.65 Å². The number of aryl methyl sites for hydroxylation is 1. The molecule has 6 nitrogen and oxygen atoms in total. The number of amides is 1. The highest BCUT2D eigenvalue weighted by molar-refractivity contribution is 5.98. The fourth-order valence-corrected chi connectivity index (χ4v) is 2.22. The van der Waals surface area contributed by atoms with Crippen LogP contribution < -0.4 is 5.32 Å². The number of nitrogens with zero attached hydrogens (tertiary/aromatic N) is 4. The summed E-state index contributed by atoms with van der Waals surface area (Å²) >= 11 is 0. The van der Waals surface area contributed by atoms with Crippen LogP contribution in [0.5, 0.6) is 0 Å². The largest absolute Gasteiger partial charge is 0.350 e. The first kappa shape index (κ1) is 17.4. The van der Waals surface area contributed by atoms with Crippen LogP contribution >= 0.6 is 0 Å². The Morgan fingerprint density at radius 3 is 2.61 bits per heavy atom. The van der Waals surface area contributed by atoms with E-state index in [2.05, 4.69) is 48.0 Å². The van der Waals surface area contributed by atoms with Crippen LogP contribution in [0.3, 0.4) is 0 Å². The highest BCUT2D eigenvalue weighted by atomic mass is 16.1. The lowest BCUT2D eigenvalue weighted by Crippen LogP contribution is -2.48. The smallest absolute Gasteiger partial charge is 0.253 e. The maximum atomic E-state index is 12.5. The first-order chi connectivity index (χ1) is 10.6. The van der Waals surface area contributed by atoms with Gasteiger partial charge in [-0.05, 0) is 54.8 Å². The molecule has 0 aliphatic rings. The van der Waals surface area contributed by atoms with E-state index in [0.717, 1.165) is 16.7 Å². The van der Waals surface area contributed by atoms with Crippen molar-refractivity contribution in [1.29, 1.82) is 0 Å². The molecule has 0 radical (unpaired) electrons. The van der Waals surface area contributed by atoms with Gasteiger partial charge in [0.1, 0.15) is 0 Å². The molecule has 1 N–H and O–H groups in total. The molecule has 2 rings (SSSR count). The summed E-state index contributed by atoms with van der Waals surface area (Å²) in [6, 6.07) is 2.11. The molecular formula is C17H27N5O. The second-order valence-electron chi connectivity index (χ2n) is 7.11. The minimum atomic E-state index is -0.108. The molecule has 0 aliphatic carbocycles. The third-order valence-electron chi connectivity index (χ3n) is 4.39. The number of carbonyl (C=O) groups excluding carboxylic acids is 1. The summed E-state index contributed by atoms with van der Waals surface area (Å²) in [7, 11) is 4.01. The zero-order chi connectivity index (χ0) is 17.4. The van der Waals surface area contributed by atoms with Crippen LogP contribution in [-0.2, 0) is 0 Å². The van der Waals surface area contributed by atoms with Gasteiger partial charge in [-0.25, -0.2) is 9.67 Å². The zero-order valence-corrected chi connectivity index (χ0v) is 15.1. The Bertz CT molecular complexity index is 715. The van der Waals surface area contributed by atoms with Gasteiger partial charge in [0.05, 0.1) is 17.5 Å². The van der Waals surface area contributed by atoms with E-state index >= 15 is 0 Å². The fourth-order valence-electron chi connectivity index (χ4n) is 2.22. The average molecular weight is 317 g/mol. The lowest BCUT2D eigenvalue weighted by Gasteiger charge is -2.32. The minimum absolute atomic E-state index is 0.0934. The lowest BCUT2D eigenvalue weighted by molar-refractivity contribution is 0.0919. The summed E-state index contributed by atoms with van der Waals surface area (Å²) in [6.45, 7) is 10.7. The van der Waals surface area contributed by atoms with E-state index in [0.29, 0.717) is 12.1 Å². The van der Waals surface area contributed by atoms with Crippen molar-refractivity contribution in [1.82, 2.24) is 25.0 Å². The molecule has 0 unspecified atom stereocenters. The van der Waals surface area contributed by atoms with Crippen molar-refractivity contribution in [3.63, 3.8) is 0 Å². The van der Waals surface area contributed by atoms with Crippen molar-refractivity contribution in [2.75, 3.05) is 20.6 Å². The van der Waals surface area contributed by atoms with Crippen LogP contribution in [0.2, 0.25) is 0 Å². The maximum Gasteiger partial charge on any atom is 0.253 e. The van der Waals surface area contributed by atoms with Crippen molar-refractivity contribution in [2.45, 2.75) is 46.2 Å². The minimum Gasteiger partial charge on any atom is -0.350 e. The number of rotatable bonds is 5. The van der Waals surface area contributed by atoms with Gasteiger partial charge in [-0.2, -0.15) is 5.10 Å². The van der Waals surface area contributed by atoms with Gasteiger partial charge >= 0.3 is 0 Å². The van der Waals surface area contributed by atoms with E-state index in [4.69, 9.17) is 0 Å².